The number of carbonyl (C=O) groups is 1. The Morgan fingerprint density at radius 1 is 1.50 bits per heavy atom. The highest BCUT2D eigenvalue weighted by Crippen LogP contribution is 2.21. The van der Waals surface area contributed by atoms with Crippen LogP contribution in [-0.2, 0) is 6.54 Å². The SMILES string of the molecule is COc1cc(C(=O)NCCCn2cccn2)ccc1N. The Morgan fingerprint density at radius 2 is 2.35 bits per heavy atom. The number of nitrogens with zero attached hydrogens (tertiary/aromatic N) is 2. The number of nitrogens with two attached hydrogens (primary N) is 1. The van der Waals surface area contributed by atoms with Crippen LogP contribution in [-0.4, -0.2) is 29.3 Å². The van der Waals surface area contributed by atoms with Gasteiger partial charge in [-0.15, -0.1) is 0 Å². The molecule has 0 aliphatic carbocycles. The van der Waals surface area contributed by atoms with Crippen LogP contribution < -0.4 is 15.8 Å². The Labute approximate surface area is 117 Å². The number of hydrogen-bond acceptors (Lipinski definition) is 4. The van der Waals surface area contributed by atoms with E-state index in [1.807, 2.05) is 16.9 Å². The van der Waals surface area contributed by atoms with Gasteiger partial charge in [-0.3, -0.25) is 9.48 Å². The number of aromatic nitrogens is 2. The molecule has 0 unspecified atom stereocenters. The molecule has 6 nitrogen and oxygen atoms in total. The first-order valence-electron chi connectivity index (χ1n) is 6.40. The Kier molecular flexibility index (Phi) is 4.60. The van der Waals surface area contributed by atoms with Crippen molar-refractivity contribution in [2.75, 3.05) is 19.4 Å². The second-order valence-corrected chi connectivity index (χ2v) is 4.34. The Balaban J connectivity index is 1.82. The normalized spacial score (nSPS) is 10.2. The van der Waals surface area contributed by atoms with E-state index in [9.17, 15) is 4.79 Å². The number of amides is 1. The van der Waals surface area contributed by atoms with Gasteiger partial charge in [0.05, 0.1) is 12.8 Å². The number of ether oxygens (including phenoxy) is 1. The largest absolute Gasteiger partial charge is 0.495 e. The predicted molar refractivity (Wildman–Crippen MR) is 76.6 cm³/mol. The minimum absolute atomic E-state index is 0.135. The van der Waals surface area contributed by atoms with Crippen LogP contribution in [0.2, 0.25) is 0 Å². The van der Waals surface area contributed by atoms with Crippen LogP contribution >= 0.6 is 0 Å². The standard InChI is InChI=1S/C14H18N4O2/c1-20-13-10-11(4-5-12(13)15)14(19)16-6-2-8-18-9-3-7-17-18/h3-5,7,9-10H,2,6,8,15H2,1H3,(H,16,19). The molecule has 0 atom stereocenters. The average Bonchev–Trinajstić information content (AvgIpc) is 2.97. The minimum atomic E-state index is -0.135. The highest BCUT2D eigenvalue weighted by molar-refractivity contribution is 5.95. The lowest BCUT2D eigenvalue weighted by atomic mass is 10.1. The fourth-order valence-corrected chi connectivity index (χ4v) is 1.83. The van der Waals surface area contributed by atoms with Crippen molar-refractivity contribution in [3.05, 3.63) is 42.2 Å². The summed E-state index contributed by atoms with van der Waals surface area (Å²) >= 11 is 0. The third-order valence-electron chi connectivity index (χ3n) is 2.90. The summed E-state index contributed by atoms with van der Waals surface area (Å²) in [4.78, 5) is 12.0. The lowest BCUT2D eigenvalue weighted by Crippen LogP contribution is -2.25. The highest BCUT2D eigenvalue weighted by atomic mass is 16.5. The number of nitrogens with one attached hydrogen (secondary N) is 1. The van der Waals surface area contributed by atoms with Gasteiger partial charge in [0, 0.05) is 31.0 Å². The lowest BCUT2D eigenvalue weighted by Gasteiger charge is -2.08. The molecule has 0 aliphatic heterocycles. The molecule has 6 heteroatoms. The van der Waals surface area contributed by atoms with Crippen molar-refractivity contribution < 1.29 is 9.53 Å². The van der Waals surface area contributed by atoms with E-state index in [1.165, 1.54) is 7.11 Å². The van der Waals surface area contributed by atoms with Gasteiger partial charge >= 0.3 is 0 Å². The molecule has 1 amide bonds. The van der Waals surface area contributed by atoms with Crippen LogP contribution in [0, 0.1) is 0 Å². The van der Waals surface area contributed by atoms with E-state index in [0.717, 1.165) is 13.0 Å². The molecule has 1 aromatic heterocycles. The zero-order valence-corrected chi connectivity index (χ0v) is 11.4. The summed E-state index contributed by atoms with van der Waals surface area (Å²) in [5.74, 6) is 0.373. The van der Waals surface area contributed by atoms with E-state index in [1.54, 1.807) is 24.4 Å². The Morgan fingerprint density at radius 3 is 3.05 bits per heavy atom. The molecule has 20 heavy (non-hydrogen) atoms. The number of anilines is 1. The molecule has 2 rings (SSSR count). The van der Waals surface area contributed by atoms with Gasteiger partial charge in [0.25, 0.3) is 5.91 Å². The molecule has 0 radical (unpaired) electrons. The van der Waals surface area contributed by atoms with Gasteiger partial charge in [-0.25, -0.2) is 0 Å². The topological polar surface area (TPSA) is 82.2 Å². The summed E-state index contributed by atoms with van der Waals surface area (Å²) in [6.07, 6.45) is 4.45. The highest BCUT2D eigenvalue weighted by Gasteiger charge is 2.08. The molecule has 1 heterocycles. The summed E-state index contributed by atoms with van der Waals surface area (Å²) in [6.45, 7) is 1.36. The zero-order chi connectivity index (χ0) is 14.4. The fourth-order valence-electron chi connectivity index (χ4n) is 1.83. The monoisotopic (exact) mass is 274 g/mol. The van der Waals surface area contributed by atoms with Crippen molar-refractivity contribution in [2.45, 2.75) is 13.0 Å². The van der Waals surface area contributed by atoms with E-state index >= 15 is 0 Å². The predicted octanol–water partition coefficient (Wildman–Crippen LogP) is 1.29. The van der Waals surface area contributed by atoms with Gasteiger partial charge < -0.3 is 15.8 Å². The van der Waals surface area contributed by atoms with E-state index < -0.39 is 0 Å². The molecule has 2 aromatic rings. The van der Waals surface area contributed by atoms with Crippen LogP contribution in [0.4, 0.5) is 5.69 Å². The van der Waals surface area contributed by atoms with E-state index in [-0.39, 0.29) is 5.91 Å². The smallest absolute Gasteiger partial charge is 0.251 e. The first kappa shape index (κ1) is 13.9. The molecule has 106 valence electrons. The van der Waals surface area contributed by atoms with Crippen LogP contribution in [0.25, 0.3) is 0 Å². The van der Waals surface area contributed by atoms with Crippen molar-refractivity contribution in [2.24, 2.45) is 0 Å². The number of carbonyl (C=O) groups excluding carboxylic acids is 1. The van der Waals surface area contributed by atoms with Gasteiger partial charge in [-0.1, -0.05) is 0 Å². The van der Waals surface area contributed by atoms with Crippen molar-refractivity contribution in [1.29, 1.82) is 0 Å². The summed E-state index contributed by atoms with van der Waals surface area (Å²) in [6, 6.07) is 6.86. The van der Waals surface area contributed by atoms with Crippen molar-refractivity contribution >= 4 is 11.6 Å². The maximum absolute atomic E-state index is 12.0. The second-order valence-electron chi connectivity index (χ2n) is 4.34. The van der Waals surface area contributed by atoms with Gasteiger partial charge in [0.2, 0.25) is 0 Å². The summed E-state index contributed by atoms with van der Waals surface area (Å²) < 4.78 is 6.93. The number of hydrogen-bond donors (Lipinski definition) is 2. The number of rotatable bonds is 6. The summed E-state index contributed by atoms with van der Waals surface area (Å²) in [5, 5.41) is 6.95. The van der Waals surface area contributed by atoms with Crippen LogP contribution in [0.5, 0.6) is 5.75 Å². The lowest BCUT2D eigenvalue weighted by molar-refractivity contribution is 0.0952. The number of aryl methyl sites for hydroxylation is 1. The van der Waals surface area contributed by atoms with Gasteiger partial charge in [-0.05, 0) is 30.7 Å². The molecule has 0 spiro atoms. The van der Waals surface area contributed by atoms with Crippen LogP contribution in [0.15, 0.2) is 36.7 Å². The first-order chi connectivity index (χ1) is 9.70. The number of methoxy groups -OCH3 is 1. The molecular formula is C14H18N4O2. The fraction of sp³-hybridized carbons (Fsp3) is 0.286. The Hall–Kier alpha value is -2.50. The number of nitrogen functional groups attached to an aromatic ring is 1. The van der Waals surface area contributed by atoms with Gasteiger partial charge in [-0.2, -0.15) is 5.10 Å². The number of benzene rings is 1. The molecule has 1 aromatic carbocycles. The van der Waals surface area contributed by atoms with Gasteiger partial charge in [0.15, 0.2) is 0 Å². The van der Waals surface area contributed by atoms with E-state index in [4.69, 9.17) is 10.5 Å². The third-order valence-corrected chi connectivity index (χ3v) is 2.90. The molecule has 0 aliphatic rings. The minimum Gasteiger partial charge on any atom is -0.495 e. The van der Waals surface area contributed by atoms with E-state index in [2.05, 4.69) is 10.4 Å². The molecular weight excluding hydrogens is 256 g/mol. The zero-order valence-electron chi connectivity index (χ0n) is 11.4. The molecule has 0 fully saturated rings. The average molecular weight is 274 g/mol. The van der Waals surface area contributed by atoms with Crippen LogP contribution in [0.1, 0.15) is 16.8 Å². The summed E-state index contributed by atoms with van der Waals surface area (Å²) in [5.41, 5.74) is 6.76. The quantitative estimate of drug-likeness (QED) is 0.614. The maximum atomic E-state index is 12.0. The maximum Gasteiger partial charge on any atom is 0.251 e. The van der Waals surface area contributed by atoms with Crippen molar-refractivity contribution in [3.8, 4) is 5.75 Å². The molecule has 3 N–H and O–H groups in total. The van der Waals surface area contributed by atoms with Crippen LogP contribution in [0.3, 0.4) is 0 Å². The van der Waals surface area contributed by atoms with Gasteiger partial charge in [0.1, 0.15) is 5.75 Å². The molecule has 0 saturated carbocycles. The second kappa shape index (κ2) is 6.60. The summed E-state index contributed by atoms with van der Waals surface area (Å²) in [7, 11) is 1.53. The first-order valence-corrected chi connectivity index (χ1v) is 6.40. The molecule has 0 bridgehead atoms. The molecule has 0 saturated heterocycles. The van der Waals surface area contributed by atoms with Crippen molar-refractivity contribution in [1.82, 2.24) is 15.1 Å². The Bertz CT molecular complexity index is 567. The third kappa shape index (κ3) is 3.50. The van der Waals surface area contributed by atoms with Crippen molar-refractivity contribution in [3.63, 3.8) is 0 Å². The van der Waals surface area contributed by atoms with E-state index in [0.29, 0.717) is 23.5 Å².